The van der Waals surface area contributed by atoms with E-state index in [4.69, 9.17) is 4.74 Å². The summed E-state index contributed by atoms with van der Waals surface area (Å²) in [6.45, 7) is 3.47. The summed E-state index contributed by atoms with van der Waals surface area (Å²) in [6, 6.07) is 15.2. The lowest BCUT2D eigenvalue weighted by Crippen LogP contribution is -2.64. The highest BCUT2D eigenvalue weighted by atomic mass is 19.1. The maximum atomic E-state index is 13.9. The van der Waals surface area contributed by atoms with E-state index < -0.39 is 5.82 Å². The van der Waals surface area contributed by atoms with E-state index >= 15 is 0 Å². The first-order chi connectivity index (χ1) is 12.7. The van der Waals surface area contributed by atoms with Gasteiger partial charge in [0.15, 0.2) is 11.6 Å². The zero-order valence-electron chi connectivity index (χ0n) is 14.9. The van der Waals surface area contributed by atoms with Crippen molar-refractivity contribution in [3.05, 3.63) is 65.5 Å². The van der Waals surface area contributed by atoms with Crippen LogP contribution in [0.3, 0.4) is 0 Å². The van der Waals surface area contributed by atoms with Crippen LogP contribution in [0.1, 0.15) is 22.3 Å². The molecule has 0 unspecified atom stereocenters. The normalized spacial score (nSPS) is 22.5. The van der Waals surface area contributed by atoms with Crippen molar-refractivity contribution in [2.75, 3.05) is 26.7 Å². The van der Waals surface area contributed by atoms with E-state index in [1.807, 2.05) is 11.0 Å². The van der Waals surface area contributed by atoms with Gasteiger partial charge < -0.3 is 9.64 Å². The number of hydrogen-bond donors (Lipinski definition) is 0. The zero-order valence-corrected chi connectivity index (χ0v) is 14.9. The summed E-state index contributed by atoms with van der Waals surface area (Å²) in [5.41, 5.74) is 1.68. The number of likely N-dealkylation sites (tertiary alicyclic amines) is 2. The van der Waals surface area contributed by atoms with Crippen LogP contribution in [0.4, 0.5) is 4.39 Å². The first kappa shape index (κ1) is 17.0. The Bertz CT molecular complexity index is 796. The van der Waals surface area contributed by atoms with E-state index in [1.54, 1.807) is 6.07 Å². The molecule has 2 fully saturated rings. The average Bonchev–Trinajstić information content (AvgIpc) is 2.66. The van der Waals surface area contributed by atoms with Crippen LogP contribution < -0.4 is 4.74 Å². The van der Waals surface area contributed by atoms with E-state index in [9.17, 15) is 9.18 Å². The van der Waals surface area contributed by atoms with Gasteiger partial charge in [-0.3, -0.25) is 9.69 Å². The third kappa shape index (κ3) is 3.19. The molecule has 2 aromatic rings. The fourth-order valence-corrected chi connectivity index (χ4v) is 4.07. The Morgan fingerprint density at radius 1 is 1.19 bits per heavy atom. The SMILES string of the molecule is COc1ccc(C(=O)N2CC[C@@H]3CN(Cc4ccccc4)[C@@H]3C2)cc1F. The summed E-state index contributed by atoms with van der Waals surface area (Å²) in [7, 11) is 1.42. The molecule has 2 aromatic carbocycles. The summed E-state index contributed by atoms with van der Waals surface area (Å²) in [6.07, 6.45) is 1.01. The standard InChI is InChI=1S/C21H23FN2O2/c1-26-20-8-7-16(11-18(20)22)21(25)23-10-9-17-13-24(19(17)14-23)12-15-5-3-2-4-6-15/h2-8,11,17,19H,9-10,12-14H2,1H3/t17-,19-/m1/s1. The summed E-state index contributed by atoms with van der Waals surface area (Å²) < 4.78 is 18.9. The molecule has 0 aromatic heterocycles. The molecule has 26 heavy (non-hydrogen) atoms. The number of benzene rings is 2. The van der Waals surface area contributed by atoms with Gasteiger partial charge in [0.25, 0.3) is 5.91 Å². The first-order valence-electron chi connectivity index (χ1n) is 9.06. The second kappa shape index (κ2) is 7.08. The number of halogens is 1. The van der Waals surface area contributed by atoms with Crippen LogP contribution in [-0.4, -0.2) is 48.5 Å². The van der Waals surface area contributed by atoms with Crippen molar-refractivity contribution < 1.29 is 13.9 Å². The summed E-state index contributed by atoms with van der Waals surface area (Å²) in [5, 5.41) is 0. The first-order valence-corrected chi connectivity index (χ1v) is 9.06. The molecule has 2 aliphatic heterocycles. The molecule has 2 atom stereocenters. The second-order valence-electron chi connectivity index (χ2n) is 7.13. The number of methoxy groups -OCH3 is 1. The lowest BCUT2D eigenvalue weighted by atomic mass is 9.81. The third-order valence-corrected chi connectivity index (χ3v) is 5.57. The molecule has 4 rings (SSSR count). The number of fused-ring (bicyclic) bond motifs is 1. The van der Waals surface area contributed by atoms with Gasteiger partial charge in [0.05, 0.1) is 7.11 Å². The fraction of sp³-hybridized carbons (Fsp3) is 0.381. The number of ether oxygens (including phenoxy) is 1. The second-order valence-corrected chi connectivity index (χ2v) is 7.13. The van der Waals surface area contributed by atoms with Gasteiger partial charge >= 0.3 is 0 Å². The van der Waals surface area contributed by atoms with Crippen LogP contribution in [-0.2, 0) is 6.54 Å². The molecule has 0 aliphatic carbocycles. The minimum absolute atomic E-state index is 0.100. The van der Waals surface area contributed by atoms with Gasteiger partial charge in [0.1, 0.15) is 0 Å². The number of rotatable bonds is 4. The summed E-state index contributed by atoms with van der Waals surface area (Å²) in [5.74, 6) is 0.225. The number of piperidine rings is 1. The van der Waals surface area contributed by atoms with E-state index in [1.165, 1.54) is 24.8 Å². The quantitative estimate of drug-likeness (QED) is 0.845. The average molecular weight is 354 g/mol. The molecular weight excluding hydrogens is 331 g/mol. The Kier molecular flexibility index (Phi) is 4.64. The Morgan fingerprint density at radius 2 is 2.00 bits per heavy atom. The fourth-order valence-electron chi connectivity index (χ4n) is 4.07. The lowest BCUT2D eigenvalue weighted by molar-refractivity contribution is -0.0427. The Labute approximate surface area is 153 Å². The van der Waals surface area contributed by atoms with Crippen molar-refractivity contribution in [1.82, 2.24) is 9.80 Å². The smallest absolute Gasteiger partial charge is 0.254 e. The molecule has 2 heterocycles. The molecule has 1 amide bonds. The molecule has 2 saturated heterocycles. The third-order valence-electron chi connectivity index (χ3n) is 5.57. The molecule has 0 radical (unpaired) electrons. The van der Waals surface area contributed by atoms with Gasteiger partial charge in [-0.15, -0.1) is 0 Å². The van der Waals surface area contributed by atoms with Crippen LogP contribution in [0.2, 0.25) is 0 Å². The van der Waals surface area contributed by atoms with E-state index in [-0.39, 0.29) is 11.7 Å². The van der Waals surface area contributed by atoms with Crippen molar-refractivity contribution >= 4 is 5.91 Å². The highest BCUT2D eigenvalue weighted by Crippen LogP contribution is 2.34. The van der Waals surface area contributed by atoms with Gasteiger partial charge in [-0.2, -0.15) is 0 Å². The number of carbonyl (C=O) groups is 1. The molecule has 0 saturated carbocycles. The van der Waals surface area contributed by atoms with E-state index in [0.717, 1.165) is 26.1 Å². The van der Waals surface area contributed by atoms with Crippen LogP contribution in [0.25, 0.3) is 0 Å². The lowest BCUT2D eigenvalue weighted by Gasteiger charge is -2.53. The van der Waals surface area contributed by atoms with E-state index in [2.05, 4.69) is 29.2 Å². The molecule has 2 aliphatic rings. The zero-order chi connectivity index (χ0) is 18.1. The highest BCUT2D eigenvalue weighted by Gasteiger charge is 2.43. The number of amides is 1. The molecular formula is C21H23FN2O2. The number of carbonyl (C=O) groups excluding carboxylic acids is 1. The van der Waals surface area contributed by atoms with Crippen molar-refractivity contribution in [2.24, 2.45) is 5.92 Å². The molecule has 0 spiro atoms. The van der Waals surface area contributed by atoms with Crippen molar-refractivity contribution in [3.63, 3.8) is 0 Å². The Balaban J connectivity index is 1.42. The minimum atomic E-state index is -0.498. The number of nitrogens with zero attached hydrogens (tertiary/aromatic N) is 2. The highest BCUT2D eigenvalue weighted by molar-refractivity contribution is 5.94. The number of hydrogen-bond acceptors (Lipinski definition) is 3. The predicted molar refractivity (Wildman–Crippen MR) is 97.6 cm³/mol. The summed E-state index contributed by atoms with van der Waals surface area (Å²) >= 11 is 0. The van der Waals surface area contributed by atoms with Crippen molar-refractivity contribution in [3.8, 4) is 5.75 Å². The molecule has 0 N–H and O–H groups in total. The van der Waals surface area contributed by atoms with Crippen LogP contribution in [0, 0.1) is 11.7 Å². The largest absolute Gasteiger partial charge is 0.494 e. The molecule has 136 valence electrons. The Hall–Kier alpha value is -2.40. The van der Waals surface area contributed by atoms with Gasteiger partial charge in [0, 0.05) is 37.8 Å². The predicted octanol–water partition coefficient (Wildman–Crippen LogP) is 3.18. The molecule has 4 nitrogen and oxygen atoms in total. The summed E-state index contributed by atoms with van der Waals surface area (Å²) in [4.78, 5) is 17.1. The van der Waals surface area contributed by atoms with Gasteiger partial charge in [-0.25, -0.2) is 4.39 Å². The van der Waals surface area contributed by atoms with Crippen LogP contribution in [0.5, 0.6) is 5.75 Å². The monoisotopic (exact) mass is 354 g/mol. The molecule has 5 heteroatoms. The van der Waals surface area contributed by atoms with Gasteiger partial charge in [-0.05, 0) is 36.1 Å². The van der Waals surface area contributed by atoms with Crippen molar-refractivity contribution in [1.29, 1.82) is 0 Å². The van der Waals surface area contributed by atoms with Gasteiger partial charge in [0.2, 0.25) is 0 Å². The Morgan fingerprint density at radius 3 is 2.73 bits per heavy atom. The van der Waals surface area contributed by atoms with E-state index in [0.29, 0.717) is 24.1 Å². The van der Waals surface area contributed by atoms with Crippen LogP contribution >= 0.6 is 0 Å². The topological polar surface area (TPSA) is 32.8 Å². The van der Waals surface area contributed by atoms with Gasteiger partial charge in [-0.1, -0.05) is 30.3 Å². The maximum absolute atomic E-state index is 13.9. The molecule has 0 bridgehead atoms. The minimum Gasteiger partial charge on any atom is -0.494 e. The maximum Gasteiger partial charge on any atom is 0.254 e. The van der Waals surface area contributed by atoms with Crippen molar-refractivity contribution in [2.45, 2.75) is 19.0 Å². The van der Waals surface area contributed by atoms with Crippen LogP contribution in [0.15, 0.2) is 48.5 Å².